The van der Waals surface area contributed by atoms with Crippen molar-refractivity contribution in [1.82, 2.24) is 9.62 Å². The van der Waals surface area contributed by atoms with E-state index in [4.69, 9.17) is 4.74 Å². The summed E-state index contributed by atoms with van der Waals surface area (Å²) in [7, 11) is -3.43. The number of nitrogens with one attached hydrogen (secondary N) is 1. The minimum atomic E-state index is -3.43. The molecule has 134 valence electrons. The van der Waals surface area contributed by atoms with Crippen LogP contribution in [0, 0.1) is 0 Å². The third-order valence-corrected chi connectivity index (χ3v) is 6.71. The molecule has 2 aromatic carbocycles. The van der Waals surface area contributed by atoms with Gasteiger partial charge in [-0.05, 0) is 54.3 Å². The molecule has 0 spiro atoms. The number of hydrogen-bond donors (Lipinski definition) is 1. The van der Waals surface area contributed by atoms with E-state index in [1.54, 1.807) is 36.0 Å². The van der Waals surface area contributed by atoms with Crippen molar-refractivity contribution in [3.05, 3.63) is 48.5 Å². The number of hydrogen-bond acceptors (Lipinski definition) is 5. The number of nitrogens with zero attached hydrogens (tertiary/aromatic N) is 1. The normalized spacial score (nSPS) is 15.9. The maximum atomic E-state index is 12.6. The van der Waals surface area contributed by atoms with E-state index < -0.39 is 10.0 Å². The first kappa shape index (κ1) is 18.3. The minimum absolute atomic E-state index is 0.302. The Bertz CT molecular complexity index is 784. The van der Waals surface area contributed by atoms with E-state index >= 15 is 0 Å². The molecule has 0 bridgehead atoms. The number of piperazine rings is 1. The highest BCUT2D eigenvalue weighted by molar-refractivity contribution is 7.99. The fourth-order valence-corrected chi connectivity index (χ4v) is 4.72. The SMILES string of the molecule is CCSc1ccc(Oc2ccc(S(=O)(=O)N3CCNCC3)cc2)cc1. The van der Waals surface area contributed by atoms with Gasteiger partial charge in [0.25, 0.3) is 0 Å². The molecular weight excluding hydrogens is 356 g/mol. The number of rotatable bonds is 6. The van der Waals surface area contributed by atoms with Crippen molar-refractivity contribution >= 4 is 21.8 Å². The Balaban J connectivity index is 1.69. The highest BCUT2D eigenvalue weighted by atomic mass is 32.2. The molecule has 2 aromatic rings. The molecule has 7 heteroatoms. The average molecular weight is 379 g/mol. The molecule has 0 radical (unpaired) electrons. The van der Waals surface area contributed by atoms with Crippen LogP contribution in [-0.4, -0.2) is 44.7 Å². The zero-order valence-corrected chi connectivity index (χ0v) is 15.8. The second-order valence-electron chi connectivity index (χ2n) is 5.63. The first-order chi connectivity index (χ1) is 12.1. The van der Waals surface area contributed by atoms with E-state index in [-0.39, 0.29) is 0 Å². The van der Waals surface area contributed by atoms with Gasteiger partial charge in [-0.2, -0.15) is 4.31 Å². The van der Waals surface area contributed by atoms with Crippen LogP contribution >= 0.6 is 11.8 Å². The Morgan fingerprint density at radius 3 is 2.12 bits per heavy atom. The summed E-state index contributed by atoms with van der Waals surface area (Å²) in [6.07, 6.45) is 0. The van der Waals surface area contributed by atoms with Gasteiger partial charge in [-0.15, -0.1) is 11.8 Å². The molecule has 1 heterocycles. The molecule has 0 aromatic heterocycles. The van der Waals surface area contributed by atoms with Crippen LogP contribution in [0.3, 0.4) is 0 Å². The van der Waals surface area contributed by atoms with E-state index in [0.29, 0.717) is 36.8 Å². The lowest BCUT2D eigenvalue weighted by atomic mass is 10.3. The predicted octanol–water partition coefficient (Wildman–Crippen LogP) is 3.18. The van der Waals surface area contributed by atoms with Gasteiger partial charge in [0.05, 0.1) is 4.90 Å². The van der Waals surface area contributed by atoms with Crippen molar-refractivity contribution < 1.29 is 13.2 Å². The maximum absolute atomic E-state index is 12.6. The molecule has 1 fully saturated rings. The van der Waals surface area contributed by atoms with Crippen LogP contribution in [0.5, 0.6) is 11.5 Å². The monoisotopic (exact) mass is 378 g/mol. The van der Waals surface area contributed by atoms with Crippen LogP contribution in [0.4, 0.5) is 0 Å². The van der Waals surface area contributed by atoms with Crippen molar-refractivity contribution in [3.8, 4) is 11.5 Å². The average Bonchev–Trinajstić information content (AvgIpc) is 2.65. The van der Waals surface area contributed by atoms with Gasteiger partial charge in [0.1, 0.15) is 11.5 Å². The van der Waals surface area contributed by atoms with Gasteiger partial charge in [0, 0.05) is 31.1 Å². The van der Waals surface area contributed by atoms with E-state index in [2.05, 4.69) is 12.2 Å². The smallest absolute Gasteiger partial charge is 0.243 e. The number of sulfonamides is 1. The molecule has 5 nitrogen and oxygen atoms in total. The molecule has 3 rings (SSSR count). The quantitative estimate of drug-likeness (QED) is 0.783. The summed E-state index contributed by atoms with van der Waals surface area (Å²) < 4.78 is 32.5. The summed E-state index contributed by atoms with van der Waals surface area (Å²) in [5, 5.41) is 3.16. The van der Waals surface area contributed by atoms with Crippen LogP contribution in [0.1, 0.15) is 6.92 Å². The topological polar surface area (TPSA) is 58.6 Å². The number of thioether (sulfide) groups is 1. The maximum Gasteiger partial charge on any atom is 0.243 e. The summed E-state index contributed by atoms with van der Waals surface area (Å²) in [5.74, 6) is 2.39. The third-order valence-electron chi connectivity index (χ3n) is 3.91. The lowest BCUT2D eigenvalue weighted by molar-refractivity contribution is 0.360. The highest BCUT2D eigenvalue weighted by Crippen LogP contribution is 2.26. The van der Waals surface area contributed by atoms with Gasteiger partial charge < -0.3 is 10.1 Å². The Kier molecular flexibility index (Phi) is 6.01. The molecule has 0 amide bonds. The molecule has 0 aliphatic carbocycles. The molecular formula is C18H22N2O3S2. The Labute approximate surface area is 153 Å². The summed E-state index contributed by atoms with van der Waals surface area (Å²) in [6, 6.07) is 14.5. The number of ether oxygens (including phenoxy) is 1. The second-order valence-corrected chi connectivity index (χ2v) is 8.91. The first-order valence-electron chi connectivity index (χ1n) is 8.31. The van der Waals surface area contributed by atoms with Crippen LogP contribution in [-0.2, 0) is 10.0 Å². The van der Waals surface area contributed by atoms with Crippen molar-refractivity contribution in [1.29, 1.82) is 0 Å². The lowest BCUT2D eigenvalue weighted by Crippen LogP contribution is -2.46. The van der Waals surface area contributed by atoms with E-state index in [0.717, 1.165) is 11.5 Å². The molecule has 1 N–H and O–H groups in total. The molecule has 1 saturated heterocycles. The fraction of sp³-hybridized carbons (Fsp3) is 0.333. The van der Waals surface area contributed by atoms with Gasteiger partial charge >= 0.3 is 0 Å². The summed E-state index contributed by atoms with van der Waals surface area (Å²) in [5.41, 5.74) is 0. The highest BCUT2D eigenvalue weighted by Gasteiger charge is 2.25. The Morgan fingerprint density at radius 1 is 1.00 bits per heavy atom. The standard InChI is InChI=1S/C18H22N2O3S2/c1-2-24-17-7-3-15(4-8-17)23-16-5-9-18(10-6-16)25(21,22)20-13-11-19-12-14-20/h3-10,19H,2,11-14H2,1H3. The summed E-state index contributed by atoms with van der Waals surface area (Å²) in [4.78, 5) is 1.50. The van der Waals surface area contributed by atoms with Gasteiger partial charge in [0.2, 0.25) is 10.0 Å². The zero-order chi connectivity index (χ0) is 17.7. The molecule has 0 atom stereocenters. The molecule has 25 heavy (non-hydrogen) atoms. The second kappa shape index (κ2) is 8.23. The van der Waals surface area contributed by atoms with Gasteiger partial charge in [-0.1, -0.05) is 6.92 Å². The zero-order valence-electron chi connectivity index (χ0n) is 14.1. The minimum Gasteiger partial charge on any atom is -0.457 e. The first-order valence-corrected chi connectivity index (χ1v) is 10.7. The van der Waals surface area contributed by atoms with Crippen LogP contribution in [0.15, 0.2) is 58.3 Å². The Hall–Kier alpha value is -1.54. The lowest BCUT2D eigenvalue weighted by Gasteiger charge is -2.26. The fourth-order valence-electron chi connectivity index (χ4n) is 2.62. The van der Waals surface area contributed by atoms with Gasteiger partial charge in [-0.3, -0.25) is 0 Å². The Morgan fingerprint density at radius 2 is 1.56 bits per heavy atom. The molecule has 1 aliphatic rings. The predicted molar refractivity (Wildman–Crippen MR) is 101 cm³/mol. The third kappa shape index (κ3) is 4.55. The molecule has 1 aliphatic heterocycles. The van der Waals surface area contributed by atoms with Crippen molar-refractivity contribution in [2.45, 2.75) is 16.7 Å². The van der Waals surface area contributed by atoms with Crippen LogP contribution in [0.25, 0.3) is 0 Å². The van der Waals surface area contributed by atoms with E-state index in [9.17, 15) is 8.42 Å². The van der Waals surface area contributed by atoms with Crippen LogP contribution < -0.4 is 10.1 Å². The largest absolute Gasteiger partial charge is 0.457 e. The van der Waals surface area contributed by atoms with Gasteiger partial charge in [-0.25, -0.2) is 8.42 Å². The van der Waals surface area contributed by atoms with Crippen molar-refractivity contribution in [2.24, 2.45) is 0 Å². The molecule has 0 saturated carbocycles. The van der Waals surface area contributed by atoms with E-state index in [1.165, 1.54) is 9.20 Å². The number of benzene rings is 2. The summed E-state index contributed by atoms with van der Waals surface area (Å²) in [6.45, 7) is 4.50. The van der Waals surface area contributed by atoms with Gasteiger partial charge in [0.15, 0.2) is 0 Å². The molecule has 0 unspecified atom stereocenters. The van der Waals surface area contributed by atoms with E-state index in [1.807, 2.05) is 24.3 Å². The van der Waals surface area contributed by atoms with Crippen molar-refractivity contribution in [3.63, 3.8) is 0 Å². The van der Waals surface area contributed by atoms with Crippen molar-refractivity contribution in [2.75, 3.05) is 31.9 Å². The van der Waals surface area contributed by atoms with Crippen LogP contribution in [0.2, 0.25) is 0 Å². The summed E-state index contributed by atoms with van der Waals surface area (Å²) >= 11 is 1.78.